The molecule has 0 aliphatic heterocycles. The van der Waals surface area contributed by atoms with Crippen molar-refractivity contribution in [3.05, 3.63) is 77.6 Å². The number of nitrogens with zero attached hydrogens (tertiary/aromatic N) is 1. The number of methoxy groups -OCH3 is 3. The van der Waals surface area contributed by atoms with Crippen molar-refractivity contribution < 1.29 is 36.0 Å². The van der Waals surface area contributed by atoms with Crippen LogP contribution in [0.25, 0.3) is 0 Å². The highest BCUT2D eigenvalue weighted by atomic mass is 32.2. The number of amides is 1. The first kappa shape index (κ1) is 27.8. The summed E-state index contributed by atoms with van der Waals surface area (Å²) in [5.41, 5.74) is 0.893. The van der Waals surface area contributed by atoms with Crippen LogP contribution in [0.15, 0.2) is 65.6 Å². The van der Waals surface area contributed by atoms with E-state index in [1.807, 2.05) is 13.8 Å². The molecule has 0 saturated heterocycles. The Kier molecular flexibility index (Phi) is 8.99. The number of hydrogen-bond donors (Lipinski definition) is 0. The third kappa shape index (κ3) is 6.32. The van der Waals surface area contributed by atoms with E-state index in [9.17, 15) is 17.6 Å². The monoisotopic (exact) mass is 531 g/mol. The minimum Gasteiger partial charge on any atom is -0.496 e. The van der Waals surface area contributed by atoms with Gasteiger partial charge in [0.25, 0.3) is 5.91 Å². The lowest BCUT2D eigenvalue weighted by Crippen LogP contribution is -2.38. The second-order valence-electron chi connectivity index (χ2n) is 8.20. The Bertz CT molecular complexity index is 1320. The van der Waals surface area contributed by atoms with Crippen molar-refractivity contribution in [3.8, 4) is 23.0 Å². The maximum absolute atomic E-state index is 13.7. The van der Waals surface area contributed by atoms with Gasteiger partial charge in [-0.1, -0.05) is 19.1 Å². The lowest BCUT2D eigenvalue weighted by Gasteiger charge is -2.30. The van der Waals surface area contributed by atoms with Crippen LogP contribution in [0, 0.1) is 5.82 Å². The van der Waals surface area contributed by atoms with Crippen molar-refractivity contribution in [1.82, 2.24) is 4.90 Å². The van der Waals surface area contributed by atoms with Gasteiger partial charge in [0, 0.05) is 12.6 Å². The number of hydrogen-bond acceptors (Lipinski definition) is 7. The Morgan fingerprint density at radius 2 is 1.49 bits per heavy atom. The van der Waals surface area contributed by atoms with Crippen molar-refractivity contribution in [3.63, 3.8) is 0 Å². The molecule has 8 nitrogen and oxygen atoms in total. The maximum atomic E-state index is 13.7. The summed E-state index contributed by atoms with van der Waals surface area (Å²) in [5.74, 6) is 0.00229. The molecule has 0 aliphatic carbocycles. The van der Waals surface area contributed by atoms with Crippen LogP contribution in [0.4, 0.5) is 4.39 Å². The molecular formula is C27H30FNO7S. The van der Waals surface area contributed by atoms with Crippen LogP contribution in [-0.4, -0.2) is 46.6 Å². The predicted octanol–water partition coefficient (Wildman–Crippen LogP) is 5.06. The third-order valence-electron chi connectivity index (χ3n) is 5.91. The van der Waals surface area contributed by atoms with Crippen LogP contribution in [0.1, 0.15) is 36.2 Å². The zero-order valence-electron chi connectivity index (χ0n) is 21.4. The summed E-state index contributed by atoms with van der Waals surface area (Å²) in [5, 5.41) is 0. The standard InChI is InChI=1S/C27H30FNO7S/c1-6-18(2)29(27(30)26-23(34-4)8-7-9-24(26)35-5)17-19-10-15-22(33-3)25(16-19)36-37(31,32)21-13-11-20(28)12-14-21/h7-16,18H,6,17H2,1-5H3. The van der Waals surface area contributed by atoms with Crippen molar-refractivity contribution in [2.45, 2.75) is 37.8 Å². The van der Waals surface area contributed by atoms with Gasteiger partial charge in [0.05, 0.1) is 21.3 Å². The summed E-state index contributed by atoms with van der Waals surface area (Å²) in [6.45, 7) is 4.02. The lowest BCUT2D eigenvalue weighted by atomic mass is 10.1. The van der Waals surface area contributed by atoms with E-state index < -0.39 is 15.9 Å². The van der Waals surface area contributed by atoms with E-state index in [0.29, 0.717) is 23.5 Å². The molecule has 0 N–H and O–H groups in total. The molecule has 0 bridgehead atoms. The van der Waals surface area contributed by atoms with Crippen LogP contribution in [0.3, 0.4) is 0 Å². The Morgan fingerprint density at radius 1 is 0.892 bits per heavy atom. The second kappa shape index (κ2) is 12.0. The maximum Gasteiger partial charge on any atom is 0.339 e. The topological polar surface area (TPSA) is 91.4 Å². The molecule has 1 amide bonds. The fourth-order valence-corrected chi connectivity index (χ4v) is 4.63. The van der Waals surface area contributed by atoms with Gasteiger partial charge >= 0.3 is 10.1 Å². The van der Waals surface area contributed by atoms with Gasteiger partial charge in [-0.15, -0.1) is 0 Å². The number of rotatable bonds is 11. The van der Waals surface area contributed by atoms with Crippen molar-refractivity contribution >= 4 is 16.0 Å². The van der Waals surface area contributed by atoms with E-state index in [1.54, 1.807) is 35.2 Å². The average molecular weight is 532 g/mol. The van der Waals surface area contributed by atoms with Gasteiger partial charge in [0.1, 0.15) is 27.8 Å². The Labute approximate surface area is 216 Å². The normalized spacial score (nSPS) is 11.9. The van der Waals surface area contributed by atoms with Gasteiger partial charge in [-0.3, -0.25) is 4.79 Å². The smallest absolute Gasteiger partial charge is 0.339 e. The molecule has 0 fully saturated rings. The van der Waals surface area contributed by atoms with Gasteiger partial charge in [-0.05, 0) is 67.4 Å². The first-order valence-corrected chi connectivity index (χ1v) is 12.9. The van der Waals surface area contributed by atoms with E-state index in [0.717, 1.165) is 24.3 Å². The fourth-order valence-electron chi connectivity index (χ4n) is 3.70. The first-order valence-electron chi connectivity index (χ1n) is 11.5. The van der Waals surface area contributed by atoms with Crippen LogP contribution >= 0.6 is 0 Å². The summed E-state index contributed by atoms with van der Waals surface area (Å²) in [7, 11) is 0.0776. The summed E-state index contributed by atoms with van der Waals surface area (Å²) in [6.07, 6.45) is 0.668. The van der Waals surface area contributed by atoms with Crippen LogP contribution in [0.5, 0.6) is 23.0 Å². The Balaban J connectivity index is 1.98. The van der Waals surface area contributed by atoms with Gasteiger partial charge in [0.2, 0.25) is 0 Å². The highest BCUT2D eigenvalue weighted by molar-refractivity contribution is 7.87. The predicted molar refractivity (Wildman–Crippen MR) is 136 cm³/mol. The minimum absolute atomic E-state index is 0.0595. The molecule has 3 aromatic carbocycles. The third-order valence-corrected chi connectivity index (χ3v) is 7.16. The number of benzene rings is 3. The average Bonchev–Trinajstić information content (AvgIpc) is 2.90. The quantitative estimate of drug-likeness (QED) is 0.320. The van der Waals surface area contributed by atoms with E-state index >= 15 is 0 Å². The molecule has 3 aromatic rings. The Morgan fingerprint density at radius 3 is 2.03 bits per heavy atom. The fraction of sp³-hybridized carbons (Fsp3) is 0.296. The molecule has 1 unspecified atom stereocenters. The molecule has 3 rings (SSSR count). The first-order chi connectivity index (χ1) is 17.6. The number of carbonyl (C=O) groups excluding carboxylic acids is 1. The SMILES string of the molecule is CCC(C)N(Cc1ccc(OC)c(OS(=O)(=O)c2ccc(F)cc2)c1)C(=O)c1c(OC)cccc1OC. The summed E-state index contributed by atoms with van der Waals surface area (Å²) in [4.78, 5) is 15.2. The van der Waals surface area contributed by atoms with Gasteiger partial charge in [-0.2, -0.15) is 8.42 Å². The number of halogens is 1. The largest absolute Gasteiger partial charge is 0.496 e. The molecule has 0 saturated carbocycles. The second-order valence-corrected chi connectivity index (χ2v) is 9.75. The van der Waals surface area contributed by atoms with Crippen LogP contribution < -0.4 is 18.4 Å². The van der Waals surface area contributed by atoms with E-state index in [1.165, 1.54) is 27.4 Å². The van der Waals surface area contributed by atoms with Gasteiger partial charge in [-0.25, -0.2) is 4.39 Å². The Hall–Kier alpha value is -3.79. The van der Waals surface area contributed by atoms with Crippen LogP contribution in [0.2, 0.25) is 0 Å². The lowest BCUT2D eigenvalue weighted by molar-refractivity contribution is 0.0664. The van der Waals surface area contributed by atoms with Crippen molar-refractivity contribution in [1.29, 1.82) is 0 Å². The summed E-state index contributed by atoms with van der Waals surface area (Å²) in [6, 6.07) is 14.0. The molecular weight excluding hydrogens is 501 g/mol. The minimum atomic E-state index is -4.27. The molecule has 0 radical (unpaired) electrons. The highest BCUT2D eigenvalue weighted by Crippen LogP contribution is 2.34. The van der Waals surface area contributed by atoms with Crippen LogP contribution in [-0.2, 0) is 16.7 Å². The molecule has 0 aliphatic rings. The van der Waals surface area contributed by atoms with Gasteiger partial charge in [0.15, 0.2) is 11.5 Å². The van der Waals surface area contributed by atoms with Crippen molar-refractivity contribution in [2.24, 2.45) is 0 Å². The molecule has 1 atom stereocenters. The zero-order chi connectivity index (χ0) is 27.2. The van der Waals surface area contributed by atoms with E-state index in [4.69, 9.17) is 18.4 Å². The zero-order valence-corrected chi connectivity index (χ0v) is 22.2. The molecule has 10 heteroatoms. The molecule has 0 aromatic heterocycles. The van der Waals surface area contributed by atoms with Gasteiger partial charge < -0.3 is 23.3 Å². The van der Waals surface area contributed by atoms with Crippen molar-refractivity contribution in [2.75, 3.05) is 21.3 Å². The highest BCUT2D eigenvalue weighted by Gasteiger charge is 2.28. The number of carbonyl (C=O) groups is 1. The molecule has 0 heterocycles. The van der Waals surface area contributed by atoms with E-state index in [2.05, 4.69) is 0 Å². The van der Waals surface area contributed by atoms with E-state index in [-0.39, 0.29) is 40.5 Å². The summed E-state index contributed by atoms with van der Waals surface area (Å²) < 4.78 is 60.4. The molecule has 0 spiro atoms. The molecule has 198 valence electrons. The molecule has 37 heavy (non-hydrogen) atoms. The number of ether oxygens (including phenoxy) is 3. The summed E-state index contributed by atoms with van der Waals surface area (Å²) >= 11 is 0.